The molecule has 12 heteroatoms. The Bertz CT molecular complexity index is 1510. The van der Waals surface area contributed by atoms with Gasteiger partial charge in [-0.3, -0.25) is 9.59 Å². The van der Waals surface area contributed by atoms with Gasteiger partial charge in [-0.15, -0.1) is 0 Å². The zero-order chi connectivity index (χ0) is 31.1. The smallest absolute Gasteiger partial charge is 0.253 e. The number of ether oxygens (including phenoxy) is 1. The van der Waals surface area contributed by atoms with E-state index < -0.39 is 27.0 Å². The van der Waals surface area contributed by atoms with Crippen molar-refractivity contribution in [2.24, 2.45) is 17.1 Å². The molecule has 1 aromatic heterocycles. The van der Waals surface area contributed by atoms with Crippen LogP contribution in [0.15, 0.2) is 17.0 Å². The lowest BCUT2D eigenvalue weighted by Crippen LogP contribution is -2.40. The zero-order valence-electron chi connectivity index (χ0n) is 25.6. The van der Waals surface area contributed by atoms with Gasteiger partial charge in [-0.05, 0) is 62.7 Å². The largest absolute Gasteiger partial charge is 0.382 e. The summed E-state index contributed by atoms with van der Waals surface area (Å²) in [5.74, 6) is -1.67. The van der Waals surface area contributed by atoms with E-state index in [4.69, 9.17) is 10.5 Å². The Balaban J connectivity index is 1.39. The lowest BCUT2D eigenvalue weighted by Gasteiger charge is -2.31. The molecule has 0 spiro atoms. The van der Waals surface area contributed by atoms with Gasteiger partial charge in [0.05, 0.1) is 46.5 Å². The Morgan fingerprint density at radius 2 is 1.81 bits per heavy atom. The van der Waals surface area contributed by atoms with Crippen molar-refractivity contribution >= 4 is 27.3 Å². The van der Waals surface area contributed by atoms with Crippen LogP contribution in [0.1, 0.15) is 80.7 Å². The summed E-state index contributed by atoms with van der Waals surface area (Å²) in [6, 6.07) is 2.85. The first-order valence-corrected chi connectivity index (χ1v) is 17.0. The van der Waals surface area contributed by atoms with Crippen LogP contribution in [0.5, 0.6) is 0 Å². The predicted molar refractivity (Wildman–Crippen MR) is 162 cm³/mol. The Morgan fingerprint density at radius 3 is 2.47 bits per heavy atom. The average Bonchev–Trinajstić information content (AvgIpc) is 3.50. The highest BCUT2D eigenvalue weighted by molar-refractivity contribution is 7.91. The molecule has 0 bridgehead atoms. The number of hydrogen-bond donors (Lipinski definition) is 3. The molecular weight excluding hydrogens is 573 g/mol. The van der Waals surface area contributed by atoms with E-state index in [0.29, 0.717) is 66.2 Å². The number of sulfone groups is 1. The molecule has 0 unspecified atom stereocenters. The molecule has 10 nitrogen and oxygen atoms in total. The fraction of sp³-hybridized carbons (Fsp3) is 0.613. The van der Waals surface area contributed by atoms with E-state index in [0.717, 1.165) is 19.6 Å². The first kappa shape index (κ1) is 31.5. The normalized spacial score (nSPS) is 22.2. The monoisotopic (exact) mass is 617 g/mol. The molecule has 0 radical (unpaired) electrons. The summed E-state index contributed by atoms with van der Waals surface area (Å²) in [7, 11) is -3.57. The maximum Gasteiger partial charge on any atom is 0.253 e. The molecular formula is C31H44FN5O5S. The second-order valence-electron chi connectivity index (χ2n) is 12.9. The number of carbonyl (C=O) groups is 2. The van der Waals surface area contributed by atoms with Crippen molar-refractivity contribution in [2.75, 3.05) is 37.2 Å². The fourth-order valence-corrected chi connectivity index (χ4v) is 9.36. The second-order valence-corrected chi connectivity index (χ2v) is 14.8. The molecule has 5 rings (SSSR count). The average molecular weight is 618 g/mol. The van der Waals surface area contributed by atoms with E-state index in [1.807, 2.05) is 13.8 Å². The summed E-state index contributed by atoms with van der Waals surface area (Å²) in [4.78, 5) is 27.7. The Hall–Kier alpha value is -2.96. The van der Waals surface area contributed by atoms with Crippen molar-refractivity contribution in [3.8, 4) is 5.69 Å². The number of likely N-dealkylation sites (N-methyl/N-ethyl adjacent to an activating group) is 1. The van der Waals surface area contributed by atoms with Gasteiger partial charge >= 0.3 is 0 Å². The SMILES string of the molecule is CCN(CC)CCNC(=O)[C@H]1CC[C@H](Nc2cc(-n3c4c(c5c3CC(C)(C)CS5(=O)=O)COC4)cc(F)c2C(N)=O)CC1. The van der Waals surface area contributed by atoms with Gasteiger partial charge in [0, 0.05) is 36.3 Å². The van der Waals surface area contributed by atoms with Crippen LogP contribution in [0, 0.1) is 17.2 Å². The molecule has 2 aliphatic heterocycles. The third-order valence-corrected chi connectivity index (χ3v) is 11.4. The Kier molecular flexibility index (Phi) is 8.93. The number of fused-ring (bicyclic) bond motifs is 3. The number of nitrogens with two attached hydrogens (primary N) is 1. The number of amides is 2. The summed E-state index contributed by atoms with van der Waals surface area (Å²) < 4.78 is 49.8. The number of primary amides is 1. The fourth-order valence-electron chi connectivity index (χ4n) is 7.01. The van der Waals surface area contributed by atoms with E-state index >= 15 is 4.39 Å². The number of nitrogens with one attached hydrogen (secondary N) is 2. The van der Waals surface area contributed by atoms with Crippen molar-refractivity contribution in [3.05, 3.63) is 40.5 Å². The first-order chi connectivity index (χ1) is 20.3. The number of rotatable bonds is 10. The van der Waals surface area contributed by atoms with Crippen LogP contribution >= 0.6 is 0 Å². The molecule has 3 heterocycles. The number of halogens is 1. The predicted octanol–water partition coefficient (Wildman–Crippen LogP) is 3.53. The van der Waals surface area contributed by atoms with Gasteiger partial charge in [-0.1, -0.05) is 27.7 Å². The number of hydrogen-bond acceptors (Lipinski definition) is 7. The topological polar surface area (TPSA) is 136 Å². The summed E-state index contributed by atoms with van der Waals surface area (Å²) in [6.07, 6.45) is 3.19. The van der Waals surface area contributed by atoms with Crippen LogP contribution in [0.25, 0.3) is 5.69 Å². The quantitative estimate of drug-likeness (QED) is 0.371. The lowest BCUT2D eigenvalue weighted by atomic mass is 9.85. The summed E-state index contributed by atoms with van der Waals surface area (Å²) in [5.41, 5.74) is 7.52. The van der Waals surface area contributed by atoms with E-state index in [2.05, 4.69) is 29.4 Å². The molecule has 0 saturated heterocycles. The van der Waals surface area contributed by atoms with Crippen molar-refractivity contribution < 1.29 is 27.1 Å². The molecule has 1 aliphatic carbocycles. The molecule has 2 amide bonds. The number of carbonyl (C=O) groups excluding carboxylic acids is 2. The molecule has 4 N–H and O–H groups in total. The highest BCUT2D eigenvalue weighted by Crippen LogP contribution is 2.44. The minimum atomic E-state index is -3.57. The minimum absolute atomic E-state index is 0.0296. The van der Waals surface area contributed by atoms with E-state index in [1.165, 1.54) is 6.07 Å². The van der Waals surface area contributed by atoms with E-state index in [9.17, 15) is 18.0 Å². The van der Waals surface area contributed by atoms with Crippen LogP contribution in [-0.4, -0.2) is 67.7 Å². The standard InChI is InChI=1S/C31H44FN5O5S/c1-5-36(6-2)12-11-34-30(39)19-7-9-20(10-8-19)35-24-14-21(13-23(32)27(24)29(33)38)37-25-15-31(3,4)18-43(40,41)28(25)22-16-42-17-26(22)37/h13-14,19-20,35H,5-12,15-18H2,1-4H3,(H2,33,38)(H,34,39)/t19-,20-. The molecule has 1 saturated carbocycles. The van der Waals surface area contributed by atoms with Crippen molar-refractivity contribution in [1.82, 2.24) is 14.8 Å². The van der Waals surface area contributed by atoms with E-state index in [1.54, 1.807) is 10.6 Å². The van der Waals surface area contributed by atoms with Crippen LogP contribution in [-0.2, 0) is 39.0 Å². The third kappa shape index (κ3) is 6.32. The van der Waals surface area contributed by atoms with Crippen molar-refractivity contribution in [3.63, 3.8) is 0 Å². The van der Waals surface area contributed by atoms with Crippen LogP contribution in [0.3, 0.4) is 0 Å². The van der Waals surface area contributed by atoms with Gasteiger partial charge in [0.15, 0.2) is 9.84 Å². The van der Waals surface area contributed by atoms with Crippen molar-refractivity contribution in [2.45, 2.75) is 84.0 Å². The third-order valence-electron chi connectivity index (χ3n) is 9.11. The zero-order valence-corrected chi connectivity index (χ0v) is 26.4. The van der Waals surface area contributed by atoms with Gasteiger partial charge in [-0.2, -0.15) is 0 Å². The molecule has 236 valence electrons. The van der Waals surface area contributed by atoms with Crippen LogP contribution < -0.4 is 16.4 Å². The summed E-state index contributed by atoms with van der Waals surface area (Å²) >= 11 is 0. The lowest BCUT2D eigenvalue weighted by molar-refractivity contribution is -0.126. The van der Waals surface area contributed by atoms with Crippen LogP contribution in [0.2, 0.25) is 0 Å². The number of nitrogens with zero attached hydrogens (tertiary/aromatic N) is 2. The van der Waals surface area contributed by atoms with Crippen LogP contribution in [0.4, 0.5) is 10.1 Å². The summed E-state index contributed by atoms with van der Waals surface area (Å²) in [6.45, 7) is 11.7. The van der Waals surface area contributed by atoms with Gasteiger partial charge in [0.25, 0.3) is 5.91 Å². The number of benzene rings is 1. The van der Waals surface area contributed by atoms with Gasteiger partial charge < -0.3 is 30.6 Å². The highest BCUT2D eigenvalue weighted by Gasteiger charge is 2.43. The van der Waals surface area contributed by atoms with Crippen molar-refractivity contribution in [1.29, 1.82) is 0 Å². The molecule has 3 aliphatic rings. The van der Waals surface area contributed by atoms with Gasteiger partial charge in [0.2, 0.25) is 5.91 Å². The van der Waals surface area contributed by atoms with Gasteiger partial charge in [0.1, 0.15) is 5.82 Å². The maximum absolute atomic E-state index is 15.6. The molecule has 43 heavy (non-hydrogen) atoms. The molecule has 1 fully saturated rings. The van der Waals surface area contributed by atoms with E-state index in [-0.39, 0.29) is 48.1 Å². The number of aromatic nitrogens is 1. The highest BCUT2D eigenvalue weighted by atomic mass is 32.2. The maximum atomic E-state index is 15.6. The Labute approximate surface area is 253 Å². The first-order valence-electron chi connectivity index (χ1n) is 15.3. The second kappa shape index (κ2) is 12.2. The summed E-state index contributed by atoms with van der Waals surface area (Å²) in [5, 5.41) is 6.40. The minimum Gasteiger partial charge on any atom is -0.382 e. The molecule has 1 aromatic carbocycles. The Morgan fingerprint density at radius 1 is 1.12 bits per heavy atom. The van der Waals surface area contributed by atoms with Gasteiger partial charge in [-0.25, -0.2) is 12.8 Å². The molecule has 0 atom stereocenters. The number of anilines is 1. The molecule has 2 aromatic rings.